The van der Waals surface area contributed by atoms with Crippen LogP contribution in [0.2, 0.25) is 0 Å². The summed E-state index contributed by atoms with van der Waals surface area (Å²) in [6, 6.07) is 3.16. The van der Waals surface area contributed by atoms with Gasteiger partial charge in [-0.25, -0.2) is 8.78 Å². The number of hydrogen-bond acceptors (Lipinski definition) is 2. The van der Waals surface area contributed by atoms with E-state index in [2.05, 4.69) is 0 Å². The van der Waals surface area contributed by atoms with Crippen LogP contribution in [0.4, 0.5) is 8.78 Å². The van der Waals surface area contributed by atoms with Crippen molar-refractivity contribution in [2.24, 2.45) is 5.73 Å². The molecule has 0 aromatic heterocycles. The molecule has 0 atom stereocenters. The van der Waals surface area contributed by atoms with Gasteiger partial charge in [-0.15, -0.1) is 0 Å². The molecule has 2 N–H and O–H groups in total. The van der Waals surface area contributed by atoms with E-state index in [-0.39, 0.29) is 11.6 Å². The summed E-state index contributed by atoms with van der Waals surface area (Å²) in [5.41, 5.74) is 5.39. The largest absolute Gasteiger partial charge is 0.334 e. The van der Waals surface area contributed by atoms with E-state index < -0.39 is 17.5 Å². The number of amides is 1. The molecular formula is C13H16F2N2O. The third kappa shape index (κ3) is 2.51. The summed E-state index contributed by atoms with van der Waals surface area (Å²) in [4.78, 5) is 13.8. The number of hydrogen-bond donors (Lipinski definition) is 1. The lowest BCUT2D eigenvalue weighted by Gasteiger charge is -2.37. The lowest BCUT2D eigenvalue weighted by molar-refractivity contribution is 0.0584. The summed E-state index contributed by atoms with van der Waals surface area (Å²) in [5.74, 6) is -1.90. The van der Waals surface area contributed by atoms with Gasteiger partial charge in [0, 0.05) is 25.2 Å². The monoisotopic (exact) mass is 254 g/mol. The fraction of sp³-hybridized carbons (Fsp3) is 0.462. The first-order valence-corrected chi connectivity index (χ1v) is 6.09. The quantitative estimate of drug-likeness (QED) is 0.892. The Morgan fingerprint density at radius 1 is 1.39 bits per heavy atom. The molecule has 1 fully saturated rings. The minimum atomic E-state index is -0.818. The molecule has 0 spiro atoms. The number of benzene rings is 1. The van der Waals surface area contributed by atoms with Crippen molar-refractivity contribution in [2.75, 3.05) is 13.1 Å². The number of carbonyl (C=O) groups excluding carboxylic acids is 1. The van der Waals surface area contributed by atoms with Crippen molar-refractivity contribution in [2.45, 2.75) is 25.3 Å². The Bertz CT molecular complexity index is 447. The van der Waals surface area contributed by atoms with Crippen molar-refractivity contribution in [3.63, 3.8) is 0 Å². The second-order valence-electron chi connectivity index (χ2n) is 4.50. The van der Waals surface area contributed by atoms with Crippen molar-refractivity contribution in [3.05, 3.63) is 35.4 Å². The van der Waals surface area contributed by atoms with Crippen LogP contribution < -0.4 is 5.73 Å². The molecule has 98 valence electrons. The van der Waals surface area contributed by atoms with Gasteiger partial charge in [-0.1, -0.05) is 0 Å². The molecule has 0 aliphatic heterocycles. The van der Waals surface area contributed by atoms with E-state index in [0.29, 0.717) is 13.1 Å². The van der Waals surface area contributed by atoms with E-state index in [4.69, 9.17) is 5.73 Å². The van der Waals surface area contributed by atoms with Crippen LogP contribution in [-0.4, -0.2) is 29.9 Å². The van der Waals surface area contributed by atoms with Crippen LogP contribution >= 0.6 is 0 Å². The molecule has 18 heavy (non-hydrogen) atoms. The number of carbonyl (C=O) groups is 1. The molecule has 1 saturated carbocycles. The van der Waals surface area contributed by atoms with Crippen LogP contribution in [0, 0.1) is 11.6 Å². The van der Waals surface area contributed by atoms with Gasteiger partial charge in [0.05, 0.1) is 5.56 Å². The van der Waals surface area contributed by atoms with Gasteiger partial charge in [0.25, 0.3) is 5.91 Å². The molecule has 1 aromatic carbocycles. The first-order valence-electron chi connectivity index (χ1n) is 6.09. The van der Waals surface area contributed by atoms with Crippen LogP contribution in [0.1, 0.15) is 29.6 Å². The average molecular weight is 254 g/mol. The SMILES string of the molecule is NCCN(C(=O)c1ccc(F)cc1F)C1CCC1. The summed E-state index contributed by atoms with van der Waals surface area (Å²) < 4.78 is 26.4. The molecule has 2 rings (SSSR count). The molecule has 1 aliphatic rings. The number of halogens is 2. The second-order valence-corrected chi connectivity index (χ2v) is 4.50. The topological polar surface area (TPSA) is 46.3 Å². The van der Waals surface area contributed by atoms with E-state index in [0.717, 1.165) is 31.4 Å². The maximum atomic E-state index is 13.6. The lowest BCUT2D eigenvalue weighted by Crippen LogP contribution is -2.46. The molecule has 0 unspecified atom stereocenters. The zero-order valence-electron chi connectivity index (χ0n) is 10.0. The van der Waals surface area contributed by atoms with E-state index in [1.54, 1.807) is 4.90 Å². The van der Waals surface area contributed by atoms with E-state index in [1.807, 2.05) is 0 Å². The summed E-state index contributed by atoms with van der Waals surface area (Å²) in [5, 5.41) is 0. The summed E-state index contributed by atoms with van der Waals surface area (Å²) in [6.07, 6.45) is 2.92. The third-order valence-corrected chi connectivity index (χ3v) is 3.31. The third-order valence-electron chi connectivity index (χ3n) is 3.31. The van der Waals surface area contributed by atoms with Crippen LogP contribution in [0.5, 0.6) is 0 Å². The standard InChI is InChI=1S/C13H16F2N2O/c14-9-4-5-11(12(15)8-9)13(18)17(7-6-16)10-2-1-3-10/h4-5,8,10H,1-3,6-7,16H2. The Morgan fingerprint density at radius 2 is 2.11 bits per heavy atom. The Hall–Kier alpha value is -1.49. The van der Waals surface area contributed by atoms with Crippen molar-refractivity contribution in [3.8, 4) is 0 Å². The highest BCUT2D eigenvalue weighted by Gasteiger charge is 2.30. The first-order chi connectivity index (χ1) is 8.63. The number of rotatable bonds is 4. The van der Waals surface area contributed by atoms with Crippen molar-refractivity contribution in [1.29, 1.82) is 0 Å². The van der Waals surface area contributed by atoms with E-state index in [9.17, 15) is 13.6 Å². The summed E-state index contributed by atoms with van der Waals surface area (Å²) >= 11 is 0. The molecule has 1 amide bonds. The van der Waals surface area contributed by atoms with E-state index in [1.165, 1.54) is 6.07 Å². The summed E-state index contributed by atoms with van der Waals surface area (Å²) in [6.45, 7) is 0.741. The highest BCUT2D eigenvalue weighted by atomic mass is 19.1. The van der Waals surface area contributed by atoms with Gasteiger partial charge >= 0.3 is 0 Å². The predicted octanol–water partition coefficient (Wildman–Crippen LogP) is 1.92. The molecule has 0 radical (unpaired) electrons. The molecule has 0 heterocycles. The zero-order chi connectivity index (χ0) is 13.1. The van der Waals surface area contributed by atoms with Crippen LogP contribution in [-0.2, 0) is 0 Å². The van der Waals surface area contributed by atoms with E-state index >= 15 is 0 Å². The van der Waals surface area contributed by atoms with Crippen molar-refractivity contribution in [1.82, 2.24) is 4.90 Å². The Kier molecular flexibility index (Phi) is 3.91. The van der Waals surface area contributed by atoms with Gasteiger partial charge in [0.2, 0.25) is 0 Å². The normalized spacial score (nSPS) is 15.3. The first kappa shape index (κ1) is 13.0. The molecule has 1 aromatic rings. The van der Waals surface area contributed by atoms with Gasteiger partial charge in [-0.3, -0.25) is 4.79 Å². The Morgan fingerprint density at radius 3 is 2.61 bits per heavy atom. The fourth-order valence-corrected chi connectivity index (χ4v) is 2.11. The molecule has 0 saturated heterocycles. The zero-order valence-corrected chi connectivity index (χ0v) is 10.0. The van der Waals surface area contributed by atoms with Gasteiger partial charge in [0.1, 0.15) is 11.6 Å². The fourth-order valence-electron chi connectivity index (χ4n) is 2.11. The average Bonchev–Trinajstić information content (AvgIpc) is 2.25. The predicted molar refractivity (Wildman–Crippen MR) is 64.1 cm³/mol. The van der Waals surface area contributed by atoms with Gasteiger partial charge in [-0.2, -0.15) is 0 Å². The van der Waals surface area contributed by atoms with Crippen LogP contribution in [0.15, 0.2) is 18.2 Å². The molecular weight excluding hydrogens is 238 g/mol. The van der Waals surface area contributed by atoms with Gasteiger partial charge < -0.3 is 10.6 Å². The Labute approximate surface area is 105 Å². The number of nitrogens with zero attached hydrogens (tertiary/aromatic N) is 1. The summed E-state index contributed by atoms with van der Waals surface area (Å²) in [7, 11) is 0. The van der Waals surface area contributed by atoms with Crippen LogP contribution in [0.25, 0.3) is 0 Å². The van der Waals surface area contributed by atoms with Crippen molar-refractivity contribution >= 4 is 5.91 Å². The Balaban J connectivity index is 2.21. The van der Waals surface area contributed by atoms with Crippen LogP contribution in [0.3, 0.4) is 0 Å². The lowest BCUT2D eigenvalue weighted by atomic mass is 9.91. The minimum absolute atomic E-state index is 0.0863. The van der Waals surface area contributed by atoms with Crippen molar-refractivity contribution < 1.29 is 13.6 Å². The maximum absolute atomic E-state index is 13.6. The molecule has 3 nitrogen and oxygen atoms in total. The smallest absolute Gasteiger partial charge is 0.257 e. The van der Waals surface area contributed by atoms with Gasteiger partial charge in [-0.05, 0) is 31.4 Å². The highest BCUT2D eigenvalue weighted by molar-refractivity contribution is 5.94. The second kappa shape index (κ2) is 5.44. The minimum Gasteiger partial charge on any atom is -0.334 e. The van der Waals surface area contributed by atoms with Gasteiger partial charge in [0.15, 0.2) is 0 Å². The molecule has 0 bridgehead atoms. The molecule has 5 heteroatoms. The maximum Gasteiger partial charge on any atom is 0.257 e. The molecule has 1 aliphatic carbocycles. The number of nitrogens with two attached hydrogens (primary N) is 1. The highest BCUT2D eigenvalue weighted by Crippen LogP contribution is 2.26.